The van der Waals surface area contributed by atoms with Gasteiger partial charge in [0.15, 0.2) is 0 Å². The summed E-state index contributed by atoms with van der Waals surface area (Å²) in [5.41, 5.74) is 7.48. The average Bonchev–Trinajstić information content (AvgIpc) is 2.22. The van der Waals surface area contributed by atoms with E-state index in [9.17, 15) is 4.39 Å². The maximum absolute atomic E-state index is 13.9. The van der Waals surface area contributed by atoms with Gasteiger partial charge in [-0.05, 0) is 37.3 Å². The number of nitrogens with zero attached hydrogens (tertiary/aromatic N) is 1. The van der Waals surface area contributed by atoms with Gasteiger partial charge in [0, 0.05) is 19.6 Å². The molecule has 0 amide bonds. The highest BCUT2D eigenvalue weighted by molar-refractivity contribution is 5.55. The van der Waals surface area contributed by atoms with Crippen molar-refractivity contribution in [2.75, 3.05) is 18.5 Å². The maximum Gasteiger partial charge on any atom is 0.146 e. The van der Waals surface area contributed by atoms with Gasteiger partial charge in [0.25, 0.3) is 0 Å². The molecule has 1 aromatic carbocycles. The Balaban J connectivity index is 2.22. The molecule has 0 saturated heterocycles. The first-order valence-corrected chi connectivity index (χ1v) is 6.34. The third-order valence-electron chi connectivity index (χ3n) is 3.65. The van der Waals surface area contributed by atoms with Crippen LogP contribution in [-0.2, 0) is 0 Å². The van der Waals surface area contributed by atoms with Gasteiger partial charge in [-0.25, -0.2) is 4.39 Å². The summed E-state index contributed by atoms with van der Waals surface area (Å²) < 4.78 is 13.9. The molecule has 0 bridgehead atoms. The molecule has 1 atom stereocenters. The number of rotatable bonds is 4. The average molecular weight is 236 g/mol. The van der Waals surface area contributed by atoms with Crippen molar-refractivity contribution in [2.45, 2.75) is 32.2 Å². The van der Waals surface area contributed by atoms with Crippen LogP contribution in [0.2, 0.25) is 0 Å². The summed E-state index contributed by atoms with van der Waals surface area (Å²) in [6.07, 6.45) is 3.86. The van der Waals surface area contributed by atoms with Gasteiger partial charge in [0.05, 0.1) is 5.69 Å². The van der Waals surface area contributed by atoms with E-state index in [1.807, 2.05) is 24.9 Å². The lowest BCUT2D eigenvalue weighted by Gasteiger charge is -2.32. The minimum Gasteiger partial charge on any atom is -0.372 e. The number of para-hydroxylation sites is 1. The minimum atomic E-state index is -0.165. The van der Waals surface area contributed by atoms with Gasteiger partial charge >= 0.3 is 0 Å². The molecule has 1 aromatic rings. The first-order valence-electron chi connectivity index (χ1n) is 6.34. The highest BCUT2D eigenvalue weighted by Crippen LogP contribution is 2.32. The van der Waals surface area contributed by atoms with Gasteiger partial charge in [-0.3, -0.25) is 0 Å². The number of anilines is 1. The van der Waals surface area contributed by atoms with Gasteiger partial charge < -0.3 is 10.6 Å². The van der Waals surface area contributed by atoms with Crippen LogP contribution in [-0.4, -0.2) is 13.6 Å². The monoisotopic (exact) mass is 236 g/mol. The first-order chi connectivity index (χ1) is 8.09. The van der Waals surface area contributed by atoms with Crippen molar-refractivity contribution in [3.05, 3.63) is 29.6 Å². The third-order valence-corrected chi connectivity index (χ3v) is 3.65. The molecule has 1 aliphatic carbocycles. The predicted octanol–water partition coefficient (Wildman–Crippen LogP) is 3.08. The van der Waals surface area contributed by atoms with Crippen LogP contribution in [0.1, 0.15) is 37.8 Å². The number of benzene rings is 1. The van der Waals surface area contributed by atoms with Gasteiger partial charge in [0.1, 0.15) is 5.82 Å². The Bertz CT molecular complexity index is 386. The Morgan fingerprint density at radius 2 is 2.18 bits per heavy atom. The van der Waals surface area contributed by atoms with Gasteiger partial charge in [-0.1, -0.05) is 18.6 Å². The van der Waals surface area contributed by atoms with Crippen molar-refractivity contribution in [2.24, 2.45) is 11.7 Å². The molecule has 0 aromatic heterocycles. The molecule has 17 heavy (non-hydrogen) atoms. The van der Waals surface area contributed by atoms with E-state index in [1.54, 1.807) is 6.07 Å². The van der Waals surface area contributed by atoms with E-state index in [0.29, 0.717) is 5.69 Å². The number of hydrogen-bond acceptors (Lipinski definition) is 2. The predicted molar refractivity (Wildman–Crippen MR) is 69.6 cm³/mol. The fourth-order valence-electron chi connectivity index (χ4n) is 2.46. The second kappa shape index (κ2) is 5.05. The van der Waals surface area contributed by atoms with Gasteiger partial charge in [0.2, 0.25) is 0 Å². The second-order valence-corrected chi connectivity index (χ2v) is 5.14. The fraction of sp³-hybridized carbons (Fsp3) is 0.571. The van der Waals surface area contributed by atoms with Gasteiger partial charge in [-0.2, -0.15) is 0 Å². The molecule has 0 heterocycles. The lowest BCUT2D eigenvalue weighted by Crippen LogP contribution is -2.31. The molecule has 1 fully saturated rings. The Morgan fingerprint density at radius 3 is 2.71 bits per heavy atom. The largest absolute Gasteiger partial charge is 0.372 e. The van der Waals surface area contributed by atoms with Crippen molar-refractivity contribution in [3.8, 4) is 0 Å². The summed E-state index contributed by atoms with van der Waals surface area (Å²) in [6.45, 7) is 2.83. The number of halogens is 1. The minimum absolute atomic E-state index is 0.135. The van der Waals surface area contributed by atoms with Crippen LogP contribution in [0.5, 0.6) is 0 Å². The fourth-order valence-corrected chi connectivity index (χ4v) is 2.46. The second-order valence-electron chi connectivity index (χ2n) is 5.14. The van der Waals surface area contributed by atoms with Crippen LogP contribution in [0.25, 0.3) is 0 Å². The SMILES string of the molecule is C[C@H](N)c1cccc(F)c1N(C)CC1CCC1. The topological polar surface area (TPSA) is 29.3 Å². The highest BCUT2D eigenvalue weighted by atomic mass is 19.1. The number of nitrogens with two attached hydrogens (primary N) is 1. The molecule has 0 unspecified atom stereocenters. The molecule has 2 N–H and O–H groups in total. The Hall–Kier alpha value is -1.09. The maximum atomic E-state index is 13.9. The molecule has 0 spiro atoms. The van der Waals surface area contributed by atoms with E-state index in [1.165, 1.54) is 25.3 Å². The molecule has 1 aliphatic rings. The summed E-state index contributed by atoms with van der Waals surface area (Å²) in [4.78, 5) is 2.03. The molecule has 0 radical (unpaired) electrons. The van der Waals surface area contributed by atoms with Crippen LogP contribution < -0.4 is 10.6 Å². The van der Waals surface area contributed by atoms with E-state index in [2.05, 4.69) is 0 Å². The Kier molecular flexibility index (Phi) is 3.67. The zero-order valence-corrected chi connectivity index (χ0v) is 10.6. The molecule has 3 heteroatoms. The van der Waals surface area contributed by atoms with E-state index < -0.39 is 0 Å². The van der Waals surface area contributed by atoms with Crippen LogP contribution in [0.3, 0.4) is 0 Å². The molecule has 2 rings (SSSR count). The van der Waals surface area contributed by atoms with Crippen molar-refractivity contribution in [3.63, 3.8) is 0 Å². The summed E-state index contributed by atoms with van der Waals surface area (Å²) in [6, 6.07) is 5.03. The Labute approximate surface area is 103 Å². The van der Waals surface area contributed by atoms with E-state index in [4.69, 9.17) is 5.73 Å². The van der Waals surface area contributed by atoms with Crippen molar-refractivity contribution in [1.82, 2.24) is 0 Å². The summed E-state index contributed by atoms with van der Waals surface area (Å²) in [5.74, 6) is 0.558. The quantitative estimate of drug-likeness (QED) is 0.870. The molecule has 0 aliphatic heterocycles. The Morgan fingerprint density at radius 1 is 1.47 bits per heavy atom. The first kappa shape index (κ1) is 12.4. The lowest BCUT2D eigenvalue weighted by atomic mass is 9.85. The van der Waals surface area contributed by atoms with Crippen LogP contribution >= 0.6 is 0 Å². The normalized spacial score (nSPS) is 17.6. The summed E-state index contributed by atoms with van der Waals surface area (Å²) >= 11 is 0. The van der Waals surface area contributed by atoms with Crippen LogP contribution in [0.15, 0.2) is 18.2 Å². The molecule has 2 nitrogen and oxygen atoms in total. The van der Waals surface area contributed by atoms with Gasteiger partial charge in [-0.15, -0.1) is 0 Å². The smallest absolute Gasteiger partial charge is 0.146 e. The van der Waals surface area contributed by atoms with E-state index in [0.717, 1.165) is 18.0 Å². The molecule has 94 valence electrons. The standard InChI is InChI=1S/C14H21FN2/c1-10(16)12-7-4-8-13(15)14(12)17(2)9-11-5-3-6-11/h4,7-8,10-11H,3,5-6,9,16H2,1-2H3/t10-/m0/s1. The molecular formula is C14H21FN2. The lowest BCUT2D eigenvalue weighted by molar-refractivity contribution is 0.320. The van der Waals surface area contributed by atoms with Crippen molar-refractivity contribution >= 4 is 5.69 Å². The zero-order chi connectivity index (χ0) is 12.4. The van der Waals surface area contributed by atoms with Crippen molar-refractivity contribution in [1.29, 1.82) is 0 Å². The van der Waals surface area contributed by atoms with E-state index in [-0.39, 0.29) is 11.9 Å². The van der Waals surface area contributed by atoms with Crippen molar-refractivity contribution < 1.29 is 4.39 Å². The molecular weight excluding hydrogens is 215 g/mol. The summed E-state index contributed by atoms with van der Waals surface area (Å²) in [7, 11) is 1.96. The van der Waals surface area contributed by atoms with E-state index >= 15 is 0 Å². The number of hydrogen-bond donors (Lipinski definition) is 1. The van der Waals surface area contributed by atoms with Crippen LogP contribution in [0.4, 0.5) is 10.1 Å². The third kappa shape index (κ3) is 2.60. The zero-order valence-electron chi connectivity index (χ0n) is 10.6. The van der Waals surface area contributed by atoms with Crippen LogP contribution in [0, 0.1) is 11.7 Å². The highest BCUT2D eigenvalue weighted by Gasteiger charge is 2.22. The molecule has 1 saturated carbocycles. The summed E-state index contributed by atoms with van der Waals surface area (Å²) in [5, 5.41) is 0.